The second-order valence-electron chi connectivity index (χ2n) is 6.94. The smallest absolute Gasteiger partial charge is 0.257 e. The van der Waals surface area contributed by atoms with Gasteiger partial charge < -0.3 is 24.6 Å². The monoisotopic (exact) mass is 448 g/mol. The van der Waals surface area contributed by atoms with Crippen LogP contribution in [-0.2, 0) is 0 Å². The molecule has 2 aromatic rings. The van der Waals surface area contributed by atoms with Crippen LogP contribution >= 0.6 is 23.8 Å². The molecule has 0 atom stereocenters. The van der Waals surface area contributed by atoms with E-state index in [-0.39, 0.29) is 11.0 Å². The molecular weight excluding hydrogens is 424 g/mol. The number of amides is 1. The van der Waals surface area contributed by atoms with Crippen molar-refractivity contribution < 1.29 is 14.3 Å². The zero-order valence-electron chi connectivity index (χ0n) is 17.2. The van der Waals surface area contributed by atoms with Crippen LogP contribution in [-0.4, -0.2) is 63.4 Å². The molecule has 0 saturated carbocycles. The maximum atomic E-state index is 12.7. The molecule has 1 fully saturated rings. The van der Waals surface area contributed by atoms with Gasteiger partial charge in [0.1, 0.15) is 11.5 Å². The second kappa shape index (κ2) is 9.97. The lowest BCUT2D eigenvalue weighted by Crippen LogP contribution is -2.45. The van der Waals surface area contributed by atoms with Gasteiger partial charge >= 0.3 is 0 Å². The Hall–Kier alpha value is -2.55. The van der Waals surface area contributed by atoms with E-state index in [2.05, 4.69) is 27.5 Å². The number of nitrogens with zero attached hydrogens (tertiary/aromatic N) is 2. The van der Waals surface area contributed by atoms with E-state index in [9.17, 15) is 4.79 Å². The first-order valence-electron chi connectivity index (χ1n) is 9.48. The minimum Gasteiger partial charge on any atom is -0.497 e. The van der Waals surface area contributed by atoms with Crippen molar-refractivity contribution in [2.24, 2.45) is 0 Å². The number of hydrogen-bond donors (Lipinski definition) is 2. The van der Waals surface area contributed by atoms with Gasteiger partial charge in [-0.1, -0.05) is 17.7 Å². The van der Waals surface area contributed by atoms with Crippen molar-refractivity contribution in [2.75, 3.05) is 57.7 Å². The molecule has 1 amide bonds. The largest absolute Gasteiger partial charge is 0.497 e. The number of methoxy groups -OCH3 is 2. The summed E-state index contributed by atoms with van der Waals surface area (Å²) >= 11 is 11.9. The first kappa shape index (κ1) is 22.1. The molecule has 30 heavy (non-hydrogen) atoms. The van der Waals surface area contributed by atoms with Gasteiger partial charge in [-0.3, -0.25) is 10.1 Å². The Bertz CT molecular complexity index is 910. The number of anilines is 2. The van der Waals surface area contributed by atoms with E-state index in [1.807, 2.05) is 18.2 Å². The highest BCUT2D eigenvalue weighted by molar-refractivity contribution is 7.80. The van der Waals surface area contributed by atoms with E-state index in [1.165, 1.54) is 14.2 Å². The van der Waals surface area contributed by atoms with Gasteiger partial charge in [-0.15, -0.1) is 0 Å². The van der Waals surface area contributed by atoms with Crippen LogP contribution in [0, 0.1) is 0 Å². The highest BCUT2D eigenvalue weighted by atomic mass is 35.5. The van der Waals surface area contributed by atoms with Crippen LogP contribution < -0.4 is 25.0 Å². The predicted octanol–water partition coefficient (Wildman–Crippen LogP) is 3.24. The molecule has 1 heterocycles. The highest BCUT2D eigenvalue weighted by Crippen LogP contribution is 2.34. The fraction of sp³-hybridized carbons (Fsp3) is 0.333. The van der Waals surface area contributed by atoms with Gasteiger partial charge in [0.05, 0.1) is 30.6 Å². The number of nitrogens with one attached hydrogen (secondary N) is 2. The lowest BCUT2D eigenvalue weighted by molar-refractivity contribution is 0.0977. The molecule has 0 bridgehead atoms. The molecule has 0 spiro atoms. The molecule has 0 aliphatic carbocycles. The number of hydrogen-bond acceptors (Lipinski definition) is 6. The van der Waals surface area contributed by atoms with Gasteiger partial charge in [0.2, 0.25) is 0 Å². The van der Waals surface area contributed by atoms with Crippen molar-refractivity contribution in [3.63, 3.8) is 0 Å². The molecular formula is C21H25ClN4O3S. The summed E-state index contributed by atoms with van der Waals surface area (Å²) in [7, 11) is 5.16. The number of ether oxygens (including phenoxy) is 2. The molecule has 2 N–H and O–H groups in total. The Morgan fingerprint density at radius 2 is 1.70 bits per heavy atom. The van der Waals surface area contributed by atoms with Crippen LogP contribution in [0.15, 0.2) is 36.4 Å². The summed E-state index contributed by atoms with van der Waals surface area (Å²) < 4.78 is 10.4. The average Bonchev–Trinajstić information content (AvgIpc) is 2.74. The SMILES string of the molecule is COc1cc(OC)cc(C(=O)NC(=S)Nc2cccc(Cl)c2N2CCN(C)CC2)c1. The van der Waals surface area contributed by atoms with Gasteiger partial charge in [-0.2, -0.15) is 0 Å². The molecule has 0 radical (unpaired) electrons. The zero-order valence-corrected chi connectivity index (χ0v) is 18.8. The van der Waals surface area contributed by atoms with Crippen LogP contribution in [0.2, 0.25) is 5.02 Å². The third-order valence-corrected chi connectivity index (χ3v) is 5.40. The van der Waals surface area contributed by atoms with Crippen molar-refractivity contribution in [1.29, 1.82) is 0 Å². The first-order valence-corrected chi connectivity index (χ1v) is 10.3. The molecule has 1 aliphatic heterocycles. The topological polar surface area (TPSA) is 66.1 Å². The summed E-state index contributed by atoms with van der Waals surface area (Å²) in [5, 5.41) is 6.63. The number of piperazine rings is 1. The van der Waals surface area contributed by atoms with Crippen molar-refractivity contribution in [3.05, 3.63) is 47.0 Å². The van der Waals surface area contributed by atoms with E-state index >= 15 is 0 Å². The standard InChI is InChI=1S/C21H25ClN4O3S/c1-25-7-9-26(10-8-25)19-17(22)5-4-6-18(19)23-21(30)24-20(27)14-11-15(28-2)13-16(12-14)29-3/h4-6,11-13H,7-10H2,1-3H3,(H2,23,24,27,30). The maximum absolute atomic E-state index is 12.7. The van der Waals surface area contributed by atoms with Crippen molar-refractivity contribution >= 4 is 46.2 Å². The molecule has 7 nitrogen and oxygen atoms in total. The normalized spacial score (nSPS) is 14.2. The lowest BCUT2D eigenvalue weighted by Gasteiger charge is -2.35. The highest BCUT2D eigenvalue weighted by Gasteiger charge is 2.20. The van der Waals surface area contributed by atoms with Crippen LogP contribution in [0.1, 0.15) is 10.4 Å². The van der Waals surface area contributed by atoms with Crippen LogP contribution in [0.25, 0.3) is 0 Å². The average molecular weight is 449 g/mol. The van der Waals surface area contributed by atoms with E-state index < -0.39 is 0 Å². The Morgan fingerprint density at radius 3 is 2.30 bits per heavy atom. The first-order chi connectivity index (χ1) is 14.4. The van der Waals surface area contributed by atoms with E-state index in [4.69, 9.17) is 33.3 Å². The maximum Gasteiger partial charge on any atom is 0.257 e. The minimum absolute atomic E-state index is 0.180. The Kier molecular flexibility index (Phi) is 7.36. The van der Waals surface area contributed by atoms with E-state index in [0.29, 0.717) is 22.1 Å². The summed E-state index contributed by atoms with van der Waals surface area (Å²) in [5.41, 5.74) is 2.01. The molecule has 9 heteroatoms. The van der Waals surface area contributed by atoms with Crippen molar-refractivity contribution in [1.82, 2.24) is 10.2 Å². The van der Waals surface area contributed by atoms with Crippen LogP contribution in [0.4, 0.5) is 11.4 Å². The van der Waals surface area contributed by atoms with Crippen molar-refractivity contribution in [2.45, 2.75) is 0 Å². The fourth-order valence-electron chi connectivity index (χ4n) is 3.24. The number of likely N-dealkylation sites (N-methyl/N-ethyl adjacent to an activating group) is 1. The lowest BCUT2D eigenvalue weighted by atomic mass is 10.2. The number of thiocarbonyl (C=S) groups is 1. The number of rotatable bonds is 5. The molecule has 0 unspecified atom stereocenters. The van der Waals surface area contributed by atoms with Gasteiger partial charge in [0.15, 0.2) is 5.11 Å². The van der Waals surface area contributed by atoms with E-state index in [0.717, 1.165) is 37.6 Å². The number of carbonyl (C=O) groups is 1. The third-order valence-electron chi connectivity index (χ3n) is 4.90. The van der Waals surface area contributed by atoms with Gasteiger partial charge in [0.25, 0.3) is 5.91 Å². The molecule has 160 valence electrons. The zero-order chi connectivity index (χ0) is 21.7. The number of carbonyl (C=O) groups excluding carboxylic acids is 1. The summed E-state index contributed by atoms with van der Waals surface area (Å²) in [4.78, 5) is 17.2. The summed E-state index contributed by atoms with van der Waals surface area (Å²) in [5.74, 6) is 0.670. The van der Waals surface area contributed by atoms with E-state index in [1.54, 1.807) is 18.2 Å². The molecule has 1 aliphatic rings. The molecule has 2 aromatic carbocycles. The summed E-state index contributed by atoms with van der Waals surface area (Å²) in [6, 6.07) is 10.5. The minimum atomic E-state index is -0.368. The van der Waals surface area contributed by atoms with Crippen LogP contribution in [0.5, 0.6) is 11.5 Å². The van der Waals surface area contributed by atoms with Gasteiger partial charge in [-0.25, -0.2) is 0 Å². The summed E-state index contributed by atoms with van der Waals surface area (Å²) in [6.45, 7) is 3.61. The second-order valence-corrected chi connectivity index (χ2v) is 7.75. The Morgan fingerprint density at radius 1 is 1.07 bits per heavy atom. The van der Waals surface area contributed by atoms with Gasteiger partial charge in [-0.05, 0) is 43.5 Å². The Labute approximate surface area is 186 Å². The predicted molar refractivity (Wildman–Crippen MR) is 124 cm³/mol. The van der Waals surface area contributed by atoms with Crippen molar-refractivity contribution in [3.8, 4) is 11.5 Å². The Balaban J connectivity index is 1.74. The third kappa shape index (κ3) is 5.33. The summed E-state index contributed by atoms with van der Waals surface area (Å²) in [6.07, 6.45) is 0. The van der Waals surface area contributed by atoms with Crippen LogP contribution in [0.3, 0.4) is 0 Å². The number of halogens is 1. The molecule has 1 saturated heterocycles. The fourth-order valence-corrected chi connectivity index (χ4v) is 3.73. The number of benzene rings is 2. The quantitative estimate of drug-likeness (QED) is 0.680. The number of para-hydroxylation sites is 1. The molecule has 3 rings (SSSR count). The molecule has 0 aromatic heterocycles. The van der Waals surface area contributed by atoms with Gasteiger partial charge in [0, 0.05) is 37.8 Å².